The minimum atomic E-state index is -3.73. The third kappa shape index (κ3) is 3.37. The fourth-order valence-corrected chi connectivity index (χ4v) is 5.68. The first kappa shape index (κ1) is 19.4. The first-order valence-electron chi connectivity index (χ1n) is 9.55. The molecule has 29 heavy (non-hydrogen) atoms. The Bertz CT molecular complexity index is 1180. The first-order valence-corrected chi connectivity index (χ1v) is 11.0. The highest BCUT2D eigenvalue weighted by Gasteiger charge is 2.36. The molecule has 1 aliphatic heterocycles. The fraction of sp³-hybridized carbons (Fsp3) is 0.333. The van der Waals surface area contributed by atoms with Crippen molar-refractivity contribution in [2.24, 2.45) is 5.92 Å². The number of sulfonamides is 1. The van der Waals surface area contributed by atoms with E-state index >= 15 is 0 Å². The minimum absolute atomic E-state index is 0.0131. The van der Waals surface area contributed by atoms with E-state index in [-0.39, 0.29) is 16.6 Å². The van der Waals surface area contributed by atoms with Crippen molar-refractivity contribution in [2.45, 2.75) is 24.3 Å². The molecule has 2 aromatic heterocycles. The Kier molecular flexibility index (Phi) is 5.03. The summed E-state index contributed by atoms with van der Waals surface area (Å²) >= 11 is 0. The summed E-state index contributed by atoms with van der Waals surface area (Å²) < 4.78 is 28.1. The van der Waals surface area contributed by atoms with E-state index in [9.17, 15) is 8.42 Å². The normalized spacial score (nSPS) is 20.4. The summed E-state index contributed by atoms with van der Waals surface area (Å²) in [6, 6.07) is 10.4. The number of rotatable bonds is 4. The third-order valence-corrected chi connectivity index (χ3v) is 7.71. The number of piperidine rings is 1. The number of nitrogens with one attached hydrogen (secondary N) is 1. The van der Waals surface area contributed by atoms with Gasteiger partial charge in [-0.2, -0.15) is 4.31 Å². The van der Waals surface area contributed by atoms with Crippen LogP contribution in [0.2, 0.25) is 0 Å². The second-order valence-corrected chi connectivity index (χ2v) is 9.36. The predicted molar refractivity (Wildman–Crippen MR) is 114 cm³/mol. The van der Waals surface area contributed by atoms with Gasteiger partial charge >= 0.3 is 0 Å². The lowest BCUT2D eigenvalue weighted by molar-refractivity contribution is 0.248. The summed E-state index contributed by atoms with van der Waals surface area (Å²) in [4.78, 5) is 13.1. The molecule has 0 saturated carbocycles. The second kappa shape index (κ2) is 7.50. The quantitative estimate of drug-likeness (QED) is 0.668. The molecular weight excluding hydrogens is 386 g/mol. The molecule has 8 heteroatoms. The number of likely N-dealkylation sites (N-methyl/N-ethyl adjacent to an activating group) is 1. The fourth-order valence-electron chi connectivity index (χ4n) is 4.08. The Balaban J connectivity index is 1.66. The molecule has 0 aliphatic carbocycles. The largest absolute Gasteiger partial charge is 0.369 e. The lowest BCUT2D eigenvalue weighted by Crippen LogP contribution is -2.52. The molecule has 7 nitrogen and oxygen atoms in total. The molecule has 0 spiro atoms. The number of hydrogen-bond acceptors (Lipinski definition) is 4. The molecule has 3 aromatic rings. The van der Waals surface area contributed by atoms with Crippen molar-refractivity contribution >= 4 is 32.4 Å². The maximum absolute atomic E-state index is 13.3. The number of hydrogen-bond donors (Lipinski definition) is 1. The van der Waals surface area contributed by atoms with E-state index in [4.69, 9.17) is 6.57 Å². The van der Waals surface area contributed by atoms with Crippen molar-refractivity contribution < 1.29 is 8.42 Å². The van der Waals surface area contributed by atoms with Gasteiger partial charge in [0.25, 0.3) is 0 Å². The lowest BCUT2D eigenvalue weighted by atomic mass is 9.93. The Labute approximate surface area is 170 Å². The van der Waals surface area contributed by atoms with E-state index in [0.717, 1.165) is 23.1 Å². The number of aromatic amines is 1. The summed E-state index contributed by atoms with van der Waals surface area (Å²) in [6.45, 7) is 10.3. The zero-order valence-corrected chi connectivity index (χ0v) is 17.2. The minimum Gasteiger partial charge on any atom is -0.369 e. The standard InChI is InChI=1S/C21H23N5O2S/c1-15-10-13-26(29(27,28)20-7-5-4-6-17(20)22-2)14-19(15)25(3)18-9-12-24-21-16(18)8-11-23-21/h4-9,11-12,15,19H,10,13-14H2,1,3H3,(H,23,24)/t15-,19?/m1/s1. The molecule has 1 N–H and O–H groups in total. The number of pyridine rings is 1. The summed E-state index contributed by atoms with van der Waals surface area (Å²) in [5, 5.41) is 1.01. The molecule has 4 rings (SSSR count). The van der Waals surface area contributed by atoms with E-state index in [1.165, 1.54) is 10.4 Å². The second-order valence-electron chi connectivity index (χ2n) is 7.46. The summed E-state index contributed by atoms with van der Waals surface area (Å²) in [5.41, 5.74) is 2.00. The lowest BCUT2D eigenvalue weighted by Gasteiger charge is -2.42. The van der Waals surface area contributed by atoms with Crippen LogP contribution in [0.25, 0.3) is 15.9 Å². The van der Waals surface area contributed by atoms with Gasteiger partial charge in [0.05, 0.1) is 11.5 Å². The van der Waals surface area contributed by atoms with Gasteiger partial charge in [0.15, 0.2) is 0 Å². The topological polar surface area (TPSA) is 73.7 Å². The molecule has 0 amide bonds. The molecule has 3 heterocycles. The van der Waals surface area contributed by atoms with Crippen LogP contribution in [-0.4, -0.2) is 48.9 Å². The van der Waals surface area contributed by atoms with Crippen LogP contribution in [0.4, 0.5) is 11.4 Å². The van der Waals surface area contributed by atoms with Gasteiger partial charge in [-0.05, 0) is 24.5 Å². The van der Waals surface area contributed by atoms with Gasteiger partial charge in [0, 0.05) is 49.6 Å². The van der Waals surface area contributed by atoms with Crippen LogP contribution >= 0.6 is 0 Å². The van der Waals surface area contributed by atoms with Crippen LogP contribution in [0.15, 0.2) is 53.7 Å². The smallest absolute Gasteiger partial charge is 0.233 e. The molecule has 150 valence electrons. The molecule has 0 radical (unpaired) electrons. The molecule has 0 bridgehead atoms. The van der Waals surface area contributed by atoms with Gasteiger partial charge < -0.3 is 9.88 Å². The maximum atomic E-state index is 13.3. The number of H-pyrrole nitrogens is 1. The number of nitrogens with zero attached hydrogens (tertiary/aromatic N) is 4. The van der Waals surface area contributed by atoms with Gasteiger partial charge in [0.2, 0.25) is 15.7 Å². The number of aromatic nitrogens is 2. The summed E-state index contributed by atoms with van der Waals surface area (Å²) in [7, 11) is -1.73. The Hall–Kier alpha value is -2.89. The Morgan fingerprint density at radius 2 is 2.07 bits per heavy atom. The zero-order valence-electron chi connectivity index (χ0n) is 16.4. The van der Waals surface area contributed by atoms with E-state index in [1.54, 1.807) is 24.4 Å². The number of fused-ring (bicyclic) bond motifs is 1. The highest BCUT2D eigenvalue weighted by molar-refractivity contribution is 7.89. The average Bonchev–Trinajstić information content (AvgIpc) is 3.22. The highest BCUT2D eigenvalue weighted by atomic mass is 32.2. The summed E-state index contributed by atoms with van der Waals surface area (Å²) in [5.74, 6) is 0.324. The molecule has 1 fully saturated rings. The SMILES string of the molecule is [C-]#[N+]c1ccccc1S(=O)(=O)N1CC[C@@H](C)C(N(C)c2ccnc3[nH]ccc23)C1. The average molecular weight is 410 g/mol. The highest BCUT2D eigenvalue weighted by Crippen LogP contribution is 2.33. The van der Waals surface area contributed by atoms with Crippen LogP contribution < -0.4 is 4.90 Å². The van der Waals surface area contributed by atoms with Crippen LogP contribution in [0, 0.1) is 12.5 Å². The van der Waals surface area contributed by atoms with Crippen LogP contribution in [0.1, 0.15) is 13.3 Å². The van der Waals surface area contributed by atoms with E-state index < -0.39 is 10.0 Å². The molecule has 2 atom stereocenters. The van der Waals surface area contributed by atoms with Crippen LogP contribution in [0.3, 0.4) is 0 Å². The van der Waals surface area contributed by atoms with Gasteiger partial charge in [0.1, 0.15) is 5.65 Å². The monoisotopic (exact) mass is 409 g/mol. The van der Waals surface area contributed by atoms with Crippen molar-refractivity contribution in [1.29, 1.82) is 0 Å². The molecular formula is C21H23N5O2S. The zero-order chi connectivity index (χ0) is 20.6. The van der Waals surface area contributed by atoms with Gasteiger partial charge in [-0.15, -0.1) is 0 Å². The van der Waals surface area contributed by atoms with Crippen molar-refractivity contribution in [2.75, 3.05) is 25.0 Å². The van der Waals surface area contributed by atoms with Crippen molar-refractivity contribution in [3.05, 3.63) is 60.2 Å². The number of benzene rings is 1. The molecule has 1 aliphatic rings. The van der Waals surface area contributed by atoms with Gasteiger partial charge in [-0.3, -0.25) is 0 Å². The number of anilines is 1. The molecule has 1 aromatic carbocycles. The Morgan fingerprint density at radius 3 is 2.86 bits per heavy atom. The van der Waals surface area contributed by atoms with Gasteiger partial charge in [-0.1, -0.05) is 31.2 Å². The maximum Gasteiger partial charge on any atom is 0.233 e. The van der Waals surface area contributed by atoms with E-state index in [2.05, 4.69) is 26.6 Å². The first-order chi connectivity index (χ1) is 13.9. The predicted octanol–water partition coefficient (Wildman–Crippen LogP) is 3.65. The van der Waals surface area contributed by atoms with E-state index in [1.807, 2.05) is 25.4 Å². The number of para-hydroxylation sites is 1. The van der Waals surface area contributed by atoms with Crippen molar-refractivity contribution in [3.63, 3.8) is 0 Å². The van der Waals surface area contributed by atoms with Gasteiger partial charge in [-0.25, -0.2) is 18.2 Å². The van der Waals surface area contributed by atoms with E-state index in [0.29, 0.717) is 19.0 Å². The van der Waals surface area contributed by atoms with Crippen LogP contribution in [0.5, 0.6) is 0 Å². The van der Waals surface area contributed by atoms with Crippen LogP contribution in [-0.2, 0) is 10.0 Å². The summed E-state index contributed by atoms with van der Waals surface area (Å²) in [6.07, 6.45) is 4.38. The third-order valence-electron chi connectivity index (χ3n) is 5.80. The molecule has 1 unspecified atom stereocenters. The Morgan fingerprint density at radius 1 is 1.28 bits per heavy atom. The van der Waals surface area contributed by atoms with Crippen molar-refractivity contribution in [1.82, 2.24) is 14.3 Å². The molecule has 1 saturated heterocycles. The van der Waals surface area contributed by atoms with Crippen molar-refractivity contribution in [3.8, 4) is 0 Å².